The second-order valence-corrected chi connectivity index (χ2v) is 8.64. The standard InChI is InChI=1S/C20H18F3N5O6/c21-20(22,23)18-4-3-9(18)11(5-18)33-17(31)32-6-12-14(29)15(30)19(7-24,34-12)13-2-1-10-16(25)26-8-27-28(10)13/h1-2,8-9,11-12,14,29H,3-6H2,(H2,25,26,27)/t9?,11?,12-,14-,18?,19+/m1/s1. The number of nitrogens with two attached hydrogens (primary N) is 1. The van der Waals surface area contributed by atoms with Crippen molar-refractivity contribution in [1.29, 1.82) is 5.26 Å². The number of carbonyl (C=O) groups excluding carboxylic acids is 2. The summed E-state index contributed by atoms with van der Waals surface area (Å²) >= 11 is 0. The Balaban J connectivity index is 1.25. The number of ether oxygens (including phenoxy) is 3. The van der Waals surface area contributed by atoms with E-state index >= 15 is 0 Å². The zero-order valence-electron chi connectivity index (χ0n) is 17.4. The minimum atomic E-state index is -4.36. The van der Waals surface area contributed by atoms with Crippen molar-refractivity contribution in [2.45, 2.75) is 49.4 Å². The molecule has 0 aromatic carbocycles. The summed E-state index contributed by atoms with van der Waals surface area (Å²) in [6, 6.07) is 4.58. The average molecular weight is 481 g/mol. The first-order chi connectivity index (χ1) is 16.0. The third kappa shape index (κ3) is 2.90. The number of aromatic nitrogens is 3. The van der Waals surface area contributed by atoms with Gasteiger partial charge in [-0.1, -0.05) is 0 Å². The van der Waals surface area contributed by atoms with Gasteiger partial charge >= 0.3 is 12.3 Å². The lowest BCUT2D eigenvalue weighted by atomic mass is 9.45. The number of aliphatic hydroxyl groups excluding tert-OH is 1. The molecule has 2 saturated carbocycles. The molecule has 3 aliphatic rings. The molecule has 3 heterocycles. The number of carbonyl (C=O) groups is 2. The molecule has 3 N–H and O–H groups in total. The summed E-state index contributed by atoms with van der Waals surface area (Å²) in [5.74, 6) is -1.73. The fraction of sp³-hybridized carbons (Fsp3) is 0.550. The monoisotopic (exact) mass is 481 g/mol. The summed E-state index contributed by atoms with van der Waals surface area (Å²) in [5, 5.41) is 24.1. The molecule has 0 bridgehead atoms. The molecule has 34 heavy (non-hydrogen) atoms. The van der Waals surface area contributed by atoms with Crippen molar-refractivity contribution in [1.82, 2.24) is 14.6 Å². The lowest BCUT2D eigenvalue weighted by Crippen LogP contribution is -2.66. The Kier molecular flexibility index (Phi) is 4.79. The minimum absolute atomic E-state index is 0.00151. The van der Waals surface area contributed by atoms with E-state index in [0.29, 0.717) is 11.9 Å². The summed E-state index contributed by atoms with van der Waals surface area (Å²) in [4.78, 5) is 28.7. The van der Waals surface area contributed by atoms with E-state index < -0.39 is 60.0 Å². The zero-order chi connectivity index (χ0) is 24.5. The van der Waals surface area contributed by atoms with Gasteiger partial charge in [0.15, 0.2) is 5.82 Å². The molecule has 0 radical (unpaired) electrons. The number of fused-ring (bicyclic) bond motifs is 2. The number of halogens is 3. The van der Waals surface area contributed by atoms with Gasteiger partial charge in [0.25, 0.3) is 5.60 Å². The van der Waals surface area contributed by atoms with E-state index in [9.17, 15) is 33.1 Å². The number of alkyl halides is 3. The van der Waals surface area contributed by atoms with Gasteiger partial charge in [-0.25, -0.2) is 14.3 Å². The molecule has 0 amide bonds. The Bertz CT molecular complexity index is 1230. The summed E-state index contributed by atoms with van der Waals surface area (Å²) in [6.07, 6.45) is -8.72. The van der Waals surface area contributed by atoms with Crippen LogP contribution in [0.15, 0.2) is 18.5 Å². The molecule has 2 aromatic heterocycles. The van der Waals surface area contributed by atoms with Crippen LogP contribution < -0.4 is 5.73 Å². The second kappa shape index (κ2) is 7.28. The maximum Gasteiger partial charge on any atom is 0.508 e. The van der Waals surface area contributed by atoms with Crippen molar-refractivity contribution in [3.8, 4) is 6.07 Å². The lowest BCUT2D eigenvalue weighted by molar-refractivity contribution is -0.341. The van der Waals surface area contributed by atoms with Gasteiger partial charge in [0.2, 0.25) is 5.78 Å². The Morgan fingerprint density at radius 2 is 2.21 bits per heavy atom. The van der Waals surface area contributed by atoms with Crippen LogP contribution in [0.5, 0.6) is 0 Å². The topological polar surface area (TPSA) is 162 Å². The highest BCUT2D eigenvalue weighted by Gasteiger charge is 2.74. The highest BCUT2D eigenvalue weighted by molar-refractivity contribution is 5.97. The third-order valence-corrected chi connectivity index (χ3v) is 7.10. The van der Waals surface area contributed by atoms with Crippen LogP contribution in [0.3, 0.4) is 0 Å². The first-order valence-electron chi connectivity index (χ1n) is 10.3. The van der Waals surface area contributed by atoms with Crippen molar-refractivity contribution in [2.75, 3.05) is 12.3 Å². The van der Waals surface area contributed by atoms with E-state index in [1.165, 1.54) is 16.6 Å². The van der Waals surface area contributed by atoms with Gasteiger partial charge in [-0.05, 0) is 31.4 Å². The highest BCUT2D eigenvalue weighted by atomic mass is 19.4. The van der Waals surface area contributed by atoms with Crippen molar-refractivity contribution in [3.63, 3.8) is 0 Å². The quantitative estimate of drug-likeness (QED) is 0.608. The van der Waals surface area contributed by atoms with Crippen molar-refractivity contribution in [3.05, 3.63) is 24.2 Å². The molecule has 1 aliphatic heterocycles. The Morgan fingerprint density at radius 3 is 2.82 bits per heavy atom. The molecule has 2 aromatic rings. The van der Waals surface area contributed by atoms with Crippen LogP contribution in [0.2, 0.25) is 0 Å². The number of hydrogen-bond acceptors (Lipinski definition) is 10. The van der Waals surface area contributed by atoms with Crippen LogP contribution in [0.4, 0.5) is 23.8 Å². The molecule has 2 aliphatic carbocycles. The molecule has 11 nitrogen and oxygen atoms in total. The fourth-order valence-corrected chi connectivity index (χ4v) is 5.09. The van der Waals surface area contributed by atoms with Gasteiger partial charge in [0, 0.05) is 5.92 Å². The fourth-order valence-electron chi connectivity index (χ4n) is 5.09. The van der Waals surface area contributed by atoms with Crippen LogP contribution in [-0.4, -0.2) is 62.7 Å². The number of nitrogens with zero attached hydrogens (tertiary/aromatic N) is 4. The number of hydrogen-bond donors (Lipinski definition) is 2. The number of nitrogen functional groups attached to an aromatic ring is 1. The Hall–Kier alpha value is -3.44. The van der Waals surface area contributed by atoms with Crippen LogP contribution in [-0.2, 0) is 24.6 Å². The zero-order valence-corrected chi connectivity index (χ0v) is 17.4. The summed E-state index contributed by atoms with van der Waals surface area (Å²) in [7, 11) is 0. The van der Waals surface area contributed by atoms with Crippen LogP contribution >= 0.6 is 0 Å². The first kappa shape index (κ1) is 22.4. The number of anilines is 1. The van der Waals surface area contributed by atoms with Gasteiger partial charge in [-0.15, -0.1) is 0 Å². The van der Waals surface area contributed by atoms with Gasteiger partial charge in [0.05, 0.1) is 11.1 Å². The molecular formula is C20H18F3N5O6. The number of aliphatic hydroxyl groups is 1. The Labute approximate surface area is 189 Å². The maximum absolute atomic E-state index is 13.2. The summed E-state index contributed by atoms with van der Waals surface area (Å²) < 4.78 is 56.2. The molecule has 3 unspecified atom stereocenters. The molecule has 0 spiro atoms. The predicted molar refractivity (Wildman–Crippen MR) is 103 cm³/mol. The van der Waals surface area contributed by atoms with E-state index in [0.717, 1.165) is 6.33 Å². The normalized spacial score (nSPS) is 34.6. The second-order valence-electron chi connectivity index (χ2n) is 8.64. The van der Waals surface area contributed by atoms with E-state index in [2.05, 4.69) is 10.1 Å². The van der Waals surface area contributed by atoms with Crippen LogP contribution in [0.1, 0.15) is 25.0 Å². The van der Waals surface area contributed by atoms with Gasteiger partial charge in [0.1, 0.15) is 42.8 Å². The molecular weight excluding hydrogens is 463 g/mol. The molecule has 6 atom stereocenters. The highest BCUT2D eigenvalue weighted by Crippen LogP contribution is 2.69. The van der Waals surface area contributed by atoms with Gasteiger partial charge in [-0.3, -0.25) is 4.79 Å². The minimum Gasteiger partial charge on any atom is -0.431 e. The van der Waals surface area contributed by atoms with Crippen LogP contribution in [0, 0.1) is 22.7 Å². The van der Waals surface area contributed by atoms with Gasteiger partial charge in [-0.2, -0.15) is 23.5 Å². The van der Waals surface area contributed by atoms with E-state index in [-0.39, 0.29) is 24.4 Å². The summed E-state index contributed by atoms with van der Waals surface area (Å²) in [5.41, 5.74) is 1.97. The largest absolute Gasteiger partial charge is 0.508 e. The molecule has 5 rings (SSSR count). The lowest BCUT2D eigenvalue weighted by Gasteiger charge is -2.61. The van der Waals surface area contributed by atoms with E-state index in [1.807, 2.05) is 0 Å². The van der Waals surface area contributed by atoms with Crippen LogP contribution in [0.25, 0.3) is 5.52 Å². The number of rotatable bonds is 4. The van der Waals surface area contributed by atoms with Crippen molar-refractivity contribution < 1.29 is 42.1 Å². The molecule has 1 saturated heterocycles. The van der Waals surface area contributed by atoms with Crippen molar-refractivity contribution in [2.24, 2.45) is 11.3 Å². The number of ketones is 1. The maximum atomic E-state index is 13.2. The number of Topliss-reactive ketones (excluding diaryl/α,β-unsaturated/α-hetero) is 1. The molecule has 3 fully saturated rings. The smallest absolute Gasteiger partial charge is 0.431 e. The predicted octanol–water partition coefficient (Wildman–Crippen LogP) is 1.24. The average Bonchev–Trinajstić information content (AvgIpc) is 3.30. The van der Waals surface area contributed by atoms with Crippen molar-refractivity contribution >= 4 is 23.3 Å². The number of nitriles is 1. The van der Waals surface area contributed by atoms with E-state index in [1.54, 1.807) is 6.07 Å². The summed E-state index contributed by atoms with van der Waals surface area (Å²) in [6.45, 7) is -0.669. The van der Waals surface area contributed by atoms with E-state index in [4.69, 9.17) is 19.9 Å². The van der Waals surface area contributed by atoms with Gasteiger partial charge < -0.3 is 25.1 Å². The SMILES string of the molecule is N#C[C@@]1(c2ccc3c(N)ncnn23)O[C@H](COC(=O)OC2CC3(C(F)(F)F)CCC23)[C@@H](O)C1=O. The molecule has 14 heteroatoms. The molecule has 180 valence electrons. The third-order valence-electron chi connectivity index (χ3n) is 7.10. The Morgan fingerprint density at radius 1 is 1.44 bits per heavy atom. The first-order valence-corrected chi connectivity index (χ1v) is 10.3.